The number of nitrogens with two attached hydrogens (primary N) is 1. The van der Waals surface area contributed by atoms with E-state index >= 15 is 0 Å². The van der Waals surface area contributed by atoms with Crippen LogP contribution in [0.3, 0.4) is 0 Å². The maximum Gasteiger partial charge on any atom is 0.229 e. The van der Waals surface area contributed by atoms with Gasteiger partial charge in [0.2, 0.25) is 5.95 Å². The molecule has 4 N–H and O–H groups in total. The summed E-state index contributed by atoms with van der Waals surface area (Å²) in [6.45, 7) is 0.937. The number of nitrogens with zero attached hydrogens (tertiary/aromatic N) is 4. The van der Waals surface area contributed by atoms with Gasteiger partial charge in [-0.15, -0.1) is 0 Å². The lowest BCUT2D eigenvalue weighted by atomic mass is 10.1. The number of nitriles is 1. The van der Waals surface area contributed by atoms with Gasteiger partial charge in [-0.1, -0.05) is 12.1 Å². The molecule has 0 fully saturated rings. The lowest BCUT2D eigenvalue weighted by Crippen LogP contribution is -2.15. The highest BCUT2D eigenvalue weighted by Crippen LogP contribution is 2.27. The molecule has 0 unspecified atom stereocenters. The minimum absolute atomic E-state index is 0.322. The summed E-state index contributed by atoms with van der Waals surface area (Å²) in [6, 6.07) is 11.5. The molecule has 8 heteroatoms. The van der Waals surface area contributed by atoms with Crippen LogP contribution in [0.5, 0.6) is 0 Å². The van der Waals surface area contributed by atoms with Crippen molar-refractivity contribution >= 4 is 17.5 Å². The smallest absolute Gasteiger partial charge is 0.229 e. The van der Waals surface area contributed by atoms with Crippen molar-refractivity contribution in [2.45, 2.75) is 0 Å². The molecule has 0 aliphatic carbocycles. The molecule has 0 bridgehead atoms. The molecule has 0 saturated heterocycles. The maximum atomic E-state index is 13.5. The van der Waals surface area contributed by atoms with Crippen molar-refractivity contribution in [2.24, 2.45) is 5.73 Å². The molecule has 7 nitrogen and oxygen atoms in total. The summed E-state index contributed by atoms with van der Waals surface area (Å²) in [5, 5.41) is 14.9. The largest absolute Gasteiger partial charge is 0.368 e. The Morgan fingerprint density at radius 2 is 2.04 bits per heavy atom. The van der Waals surface area contributed by atoms with Crippen LogP contribution in [0.15, 0.2) is 48.8 Å². The number of halogens is 1. The standard InChI is InChI=1S/C18H16FN7/c19-13-3-1-2-12(8-13)16-11-24-18(26-17(16)22-7-6-20)25-15-5-4-14(9-21)23-10-15/h1-5,8,10-11H,6-7,20H2,(H2,22,24,25,26). The van der Waals surface area contributed by atoms with Gasteiger partial charge in [-0.25, -0.2) is 14.4 Å². The van der Waals surface area contributed by atoms with E-state index in [0.29, 0.717) is 47.4 Å². The molecule has 1 aromatic carbocycles. The second-order valence-electron chi connectivity index (χ2n) is 5.35. The van der Waals surface area contributed by atoms with Crippen molar-refractivity contribution in [1.82, 2.24) is 15.0 Å². The normalized spacial score (nSPS) is 10.2. The lowest BCUT2D eigenvalue weighted by molar-refractivity contribution is 0.628. The zero-order chi connectivity index (χ0) is 18.4. The quantitative estimate of drug-likeness (QED) is 0.627. The Balaban J connectivity index is 1.91. The molecule has 2 aromatic heterocycles. The van der Waals surface area contributed by atoms with Gasteiger partial charge >= 0.3 is 0 Å². The SMILES string of the molecule is N#Cc1ccc(Nc2ncc(-c3cccc(F)c3)c(NCCN)n2)cn1. The summed E-state index contributed by atoms with van der Waals surface area (Å²) in [5.41, 5.74) is 7.86. The number of pyridine rings is 1. The van der Waals surface area contributed by atoms with Gasteiger partial charge in [0.05, 0.1) is 11.9 Å². The number of benzene rings is 1. The second-order valence-corrected chi connectivity index (χ2v) is 5.35. The minimum Gasteiger partial charge on any atom is -0.368 e. The van der Waals surface area contributed by atoms with Crippen LogP contribution in [0.25, 0.3) is 11.1 Å². The highest BCUT2D eigenvalue weighted by atomic mass is 19.1. The molecule has 0 saturated carbocycles. The zero-order valence-electron chi connectivity index (χ0n) is 13.8. The molecule has 3 aromatic rings. The van der Waals surface area contributed by atoms with E-state index in [1.54, 1.807) is 30.5 Å². The van der Waals surface area contributed by atoms with E-state index in [-0.39, 0.29) is 5.82 Å². The van der Waals surface area contributed by atoms with Crippen molar-refractivity contribution in [2.75, 3.05) is 23.7 Å². The van der Waals surface area contributed by atoms with E-state index in [4.69, 9.17) is 11.0 Å². The number of hydrogen-bond acceptors (Lipinski definition) is 7. The van der Waals surface area contributed by atoms with Gasteiger partial charge in [0, 0.05) is 24.8 Å². The topological polar surface area (TPSA) is 113 Å². The molecule has 0 aliphatic heterocycles. The van der Waals surface area contributed by atoms with Gasteiger partial charge in [-0.05, 0) is 29.8 Å². The number of aromatic nitrogens is 3. The third-order valence-corrected chi connectivity index (χ3v) is 3.50. The highest BCUT2D eigenvalue weighted by molar-refractivity contribution is 5.75. The summed E-state index contributed by atoms with van der Waals surface area (Å²) in [6.07, 6.45) is 3.13. The fraction of sp³-hybridized carbons (Fsp3) is 0.111. The molecule has 0 amide bonds. The third-order valence-electron chi connectivity index (χ3n) is 3.50. The average Bonchev–Trinajstić information content (AvgIpc) is 2.67. The average molecular weight is 349 g/mol. The molecule has 130 valence electrons. The Bertz CT molecular complexity index is 935. The van der Waals surface area contributed by atoms with Gasteiger partial charge in [0.25, 0.3) is 0 Å². The van der Waals surface area contributed by atoms with Crippen LogP contribution in [0.1, 0.15) is 5.69 Å². The molecule has 0 aliphatic rings. The zero-order valence-corrected chi connectivity index (χ0v) is 13.8. The van der Waals surface area contributed by atoms with E-state index in [9.17, 15) is 4.39 Å². The van der Waals surface area contributed by atoms with Crippen LogP contribution < -0.4 is 16.4 Å². The molecule has 0 atom stereocenters. The number of rotatable bonds is 6. The van der Waals surface area contributed by atoms with Crippen molar-refractivity contribution in [3.05, 3.63) is 60.3 Å². The highest BCUT2D eigenvalue weighted by Gasteiger charge is 2.10. The van der Waals surface area contributed by atoms with E-state index in [1.165, 1.54) is 18.3 Å². The van der Waals surface area contributed by atoms with E-state index in [0.717, 1.165) is 0 Å². The summed E-state index contributed by atoms with van der Waals surface area (Å²) in [7, 11) is 0. The molecular formula is C18H16FN7. The Kier molecular flexibility index (Phi) is 5.31. The first kappa shape index (κ1) is 17.3. The Morgan fingerprint density at radius 3 is 2.73 bits per heavy atom. The van der Waals surface area contributed by atoms with Crippen molar-refractivity contribution in [1.29, 1.82) is 5.26 Å². The van der Waals surface area contributed by atoms with Crippen molar-refractivity contribution in [3.63, 3.8) is 0 Å². The number of hydrogen-bond donors (Lipinski definition) is 3. The monoisotopic (exact) mass is 349 g/mol. The van der Waals surface area contributed by atoms with Crippen LogP contribution in [0.2, 0.25) is 0 Å². The molecule has 26 heavy (non-hydrogen) atoms. The Morgan fingerprint density at radius 1 is 1.15 bits per heavy atom. The second kappa shape index (κ2) is 8.00. The van der Waals surface area contributed by atoms with Gasteiger partial charge in [-0.3, -0.25) is 0 Å². The van der Waals surface area contributed by atoms with Crippen LogP contribution in [-0.2, 0) is 0 Å². The first-order chi connectivity index (χ1) is 12.7. The summed E-state index contributed by atoms with van der Waals surface area (Å²) < 4.78 is 13.5. The van der Waals surface area contributed by atoms with Crippen LogP contribution >= 0.6 is 0 Å². The minimum atomic E-state index is -0.335. The lowest BCUT2D eigenvalue weighted by Gasteiger charge is -2.13. The number of anilines is 3. The molecule has 0 radical (unpaired) electrons. The van der Waals surface area contributed by atoms with E-state index in [2.05, 4.69) is 25.6 Å². The predicted molar refractivity (Wildman–Crippen MR) is 97.2 cm³/mol. The first-order valence-electron chi connectivity index (χ1n) is 7.89. The molecule has 3 rings (SSSR count). The van der Waals surface area contributed by atoms with Crippen LogP contribution in [-0.4, -0.2) is 28.0 Å². The third kappa shape index (κ3) is 4.09. The van der Waals surface area contributed by atoms with Gasteiger partial charge in [0.1, 0.15) is 23.4 Å². The van der Waals surface area contributed by atoms with Crippen molar-refractivity contribution < 1.29 is 4.39 Å². The van der Waals surface area contributed by atoms with E-state index in [1.807, 2.05) is 6.07 Å². The number of nitrogens with one attached hydrogen (secondary N) is 2. The van der Waals surface area contributed by atoms with Gasteiger partial charge in [-0.2, -0.15) is 10.2 Å². The Hall–Kier alpha value is -3.57. The molecular weight excluding hydrogens is 333 g/mol. The fourth-order valence-corrected chi connectivity index (χ4v) is 2.30. The Labute approximate surface area is 149 Å². The van der Waals surface area contributed by atoms with Gasteiger partial charge in [0.15, 0.2) is 0 Å². The van der Waals surface area contributed by atoms with Crippen molar-refractivity contribution in [3.8, 4) is 17.2 Å². The summed E-state index contributed by atoms with van der Waals surface area (Å²) >= 11 is 0. The van der Waals surface area contributed by atoms with E-state index < -0.39 is 0 Å². The molecule has 2 heterocycles. The summed E-state index contributed by atoms with van der Waals surface area (Å²) in [4.78, 5) is 12.7. The van der Waals surface area contributed by atoms with Gasteiger partial charge < -0.3 is 16.4 Å². The van der Waals surface area contributed by atoms with Crippen LogP contribution in [0.4, 0.5) is 21.8 Å². The summed E-state index contributed by atoms with van der Waals surface area (Å²) in [5.74, 6) is 0.550. The molecule has 0 spiro atoms. The maximum absolute atomic E-state index is 13.5. The van der Waals surface area contributed by atoms with Crippen LogP contribution in [0, 0.1) is 17.1 Å². The predicted octanol–water partition coefficient (Wildman–Crippen LogP) is 2.66. The first-order valence-corrected chi connectivity index (χ1v) is 7.89. The fourth-order valence-electron chi connectivity index (χ4n) is 2.30.